The van der Waals surface area contributed by atoms with Crippen LogP contribution in [0.3, 0.4) is 0 Å². The third kappa shape index (κ3) is 3.57. The van der Waals surface area contributed by atoms with E-state index in [1.54, 1.807) is 11.3 Å². The number of piperazine rings is 1. The van der Waals surface area contributed by atoms with Crippen molar-refractivity contribution in [3.63, 3.8) is 0 Å². The SMILES string of the molecule is Cc1ccc(-c2csc(N3CCN(Cc4ccc5c(c4)OCO5)CC3)n2)cc1. The lowest BCUT2D eigenvalue weighted by molar-refractivity contribution is 0.174. The average Bonchev–Trinajstić information content (AvgIpc) is 3.38. The van der Waals surface area contributed by atoms with Crippen LogP contribution in [-0.4, -0.2) is 42.9 Å². The molecule has 0 amide bonds. The summed E-state index contributed by atoms with van der Waals surface area (Å²) in [5.74, 6) is 1.71. The van der Waals surface area contributed by atoms with Crippen molar-refractivity contribution < 1.29 is 9.47 Å². The molecule has 2 aromatic carbocycles. The smallest absolute Gasteiger partial charge is 0.231 e. The van der Waals surface area contributed by atoms with E-state index in [1.807, 2.05) is 6.07 Å². The van der Waals surface area contributed by atoms with Gasteiger partial charge in [-0.2, -0.15) is 0 Å². The van der Waals surface area contributed by atoms with Crippen molar-refractivity contribution in [1.29, 1.82) is 0 Å². The molecule has 144 valence electrons. The molecule has 5 nitrogen and oxygen atoms in total. The molecule has 2 aliphatic rings. The summed E-state index contributed by atoms with van der Waals surface area (Å²) in [4.78, 5) is 9.77. The van der Waals surface area contributed by atoms with Crippen LogP contribution in [0.4, 0.5) is 5.13 Å². The van der Waals surface area contributed by atoms with Gasteiger partial charge in [0.05, 0.1) is 5.69 Å². The number of nitrogens with zero attached hydrogens (tertiary/aromatic N) is 3. The Hall–Kier alpha value is -2.57. The minimum atomic E-state index is 0.329. The van der Waals surface area contributed by atoms with Gasteiger partial charge in [0.1, 0.15) is 0 Å². The highest BCUT2D eigenvalue weighted by molar-refractivity contribution is 7.14. The Bertz CT molecular complexity index is 962. The molecule has 3 heterocycles. The van der Waals surface area contributed by atoms with E-state index in [2.05, 4.69) is 58.5 Å². The predicted octanol–water partition coefficient (Wildman–Crippen LogP) is 4.17. The fourth-order valence-electron chi connectivity index (χ4n) is 3.66. The van der Waals surface area contributed by atoms with Crippen molar-refractivity contribution >= 4 is 16.5 Å². The van der Waals surface area contributed by atoms with Crippen LogP contribution < -0.4 is 14.4 Å². The van der Waals surface area contributed by atoms with Gasteiger partial charge >= 0.3 is 0 Å². The number of hydrogen-bond acceptors (Lipinski definition) is 6. The number of ether oxygens (including phenoxy) is 2. The Labute approximate surface area is 169 Å². The molecule has 5 rings (SSSR count). The van der Waals surface area contributed by atoms with Gasteiger partial charge < -0.3 is 14.4 Å². The summed E-state index contributed by atoms with van der Waals surface area (Å²) in [7, 11) is 0. The van der Waals surface area contributed by atoms with Gasteiger partial charge in [0.25, 0.3) is 0 Å². The minimum absolute atomic E-state index is 0.329. The molecule has 0 spiro atoms. The summed E-state index contributed by atoms with van der Waals surface area (Å²) < 4.78 is 10.9. The molecule has 0 radical (unpaired) electrons. The summed E-state index contributed by atoms with van der Waals surface area (Å²) in [5, 5.41) is 3.29. The fourth-order valence-corrected chi connectivity index (χ4v) is 4.55. The zero-order chi connectivity index (χ0) is 18.9. The highest BCUT2D eigenvalue weighted by atomic mass is 32.1. The minimum Gasteiger partial charge on any atom is -0.454 e. The molecule has 0 saturated carbocycles. The van der Waals surface area contributed by atoms with Gasteiger partial charge in [0.15, 0.2) is 16.6 Å². The molecule has 1 saturated heterocycles. The molecule has 0 atom stereocenters. The van der Waals surface area contributed by atoms with Crippen molar-refractivity contribution in [1.82, 2.24) is 9.88 Å². The van der Waals surface area contributed by atoms with Crippen LogP contribution in [0.15, 0.2) is 47.8 Å². The molecule has 0 bridgehead atoms. The molecule has 28 heavy (non-hydrogen) atoms. The van der Waals surface area contributed by atoms with Crippen LogP contribution in [0.2, 0.25) is 0 Å². The van der Waals surface area contributed by atoms with E-state index >= 15 is 0 Å². The number of benzene rings is 2. The molecule has 0 aliphatic carbocycles. The van der Waals surface area contributed by atoms with Crippen LogP contribution in [0.1, 0.15) is 11.1 Å². The summed E-state index contributed by atoms with van der Waals surface area (Å²) in [6, 6.07) is 14.8. The van der Waals surface area contributed by atoms with Gasteiger partial charge in [-0.25, -0.2) is 4.98 Å². The molecule has 0 unspecified atom stereocenters. The second kappa shape index (κ2) is 7.45. The molecule has 2 aliphatic heterocycles. The zero-order valence-corrected chi connectivity index (χ0v) is 16.7. The number of aromatic nitrogens is 1. The lowest BCUT2D eigenvalue weighted by atomic mass is 10.1. The van der Waals surface area contributed by atoms with E-state index in [0.717, 1.165) is 55.0 Å². The highest BCUT2D eigenvalue weighted by Crippen LogP contribution is 2.33. The maximum absolute atomic E-state index is 5.49. The van der Waals surface area contributed by atoms with Gasteiger partial charge in [-0.15, -0.1) is 11.3 Å². The number of hydrogen-bond donors (Lipinski definition) is 0. The van der Waals surface area contributed by atoms with Crippen molar-refractivity contribution in [2.75, 3.05) is 37.9 Å². The molecule has 0 N–H and O–H groups in total. The number of fused-ring (bicyclic) bond motifs is 1. The number of aryl methyl sites for hydroxylation is 1. The Morgan fingerprint density at radius 2 is 1.75 bits per heavy atom. The van der Waals surface area contributed by atoms with Gasteiger partial charge in [0.2, 0.25) is 6.79 Å². The van der Waals surface area contributed by atoms with Gasteiger partial charge in [0, 0.05) is 43.7 Å². The van der Waals surface area contributed by atoms with Crippen LogP contribution in [-0.2, 0) is 6.54 Å². The summed E-state index contributed by atoms with van der Waals surface area (Å²) in [6.07, 6.45) is 0. The van der Waals surface area contributed by atoms with Crippen molar-refractivity contribution in [2.45, 2.75) is 13.5 Å². The van der Waals surface area contributed by atoms with Gasteiger partial charge in [-0.1, -0.05) is 35.9 Å². The van der Waals surface area contributed by atoms with E-state index in [4.69, 9.17) is 14.5 Å². The van der Waals surface area contributed by atoms with Gasteiger partial charge in [-0.3, -0.25) is 4.90 Å². The molecule has 3 aromatic rings. The highest BCUT2D eigenvalue weighted by Gasteiger charge is 2.21. The van der Waals surface area contributed by atoms with Crippen LogP contribution >= 0.6 is 11.3 Å². The largest absolute Gasteiger partial charge is 0.454 e. The third-order valence-electron chi connectivity index (χ3n) is 5.33. The van der Waals surface area contributed by atoms with Crippen LogP contribution in [0.5, 0.6) is 11.5 Å². The van der Waals surface area contributed by atoms with Crippen molar-refractivity contribution in [2.24, 2.45) is 0 Å². The Morgan fingerprint density at radius 3 is 2.57 bits per heavy atom. The third-order valence-corrected chi connectivity index (χ3v) is 6.23. The van der Waals surface area contributed by atoms with Crippen molar-refractivity contribution in [3.05, 3.63) is 59.0 Å². The lowest BCUT2D eigenvalue weighted by Crippen LogP contribution is -2.45. The molecule has 6 heteroatoms. The Morgan fingerprint density at radius 1 is 0.964 bits per heavy atom. The number of rotatable bonds is 4. The first-order valence-electron chi connectivity index (χ1n) is 9.63. The summed E-state index contributed by atoms with van der Waals surface area (Å²) in [6.45, 7) is 7.46. The zero-order valence-electron chi connectivity index (χ0n) is 15.9. The van der Waals surface area contributed by atoms with E-state index < -0.39 is 0 Å². The number of thiazole rings is 1. The molecular formula is C22H23N3O2S. The van der Waals surface area contributed by atoms with E-state index in [1.165, 1.54) is 16.7 Å². The van der Waals surface area contributed by atoms with Crippen LogP contribution in [0, 0.1) is 6.92 Å². The second-order valence-corrected chi connectivity index (χ2v) is 8.17. The maximum Gasteiger partial charge on any atom is 0.231 e. The first-order chi connectivity index (χ1) is 13.7. The summed E-state index contributed by atoms with van der Waals surface area (Å²) in [5.41, 5.74) is 4.81. The topological polar surface area (TPSA) is 37.8 Å². The van der Waals surface area contributed by atoms with E-state index in [-0.39, 0.29) is 0 Å². The first kappa shape index (κ1) is 17.5. The Balaban J connectivity index is 1.20. The quantitative estimate of drug-likeness (QED) is 0.665. The van der Waals surface area contributed by atoms with E-state index in [0.29, 0.717) is 6.79 Å². The lowest BCUT2D eigenvalue weighted by Gasteiger charge is -2.34. The van der Waals surface area contributed by atoms with Gasteiger partial charge in [-0.05, 0) is 24.6 Å². The normalized spacial score (nSPS) is 16.5. The number of anilines is 1. The van der Waals surface area contributed by atoms with Crippen molar-refractivity contribution in [3.8, 4) is 22.8 Å². The first-order valence-corrected chi connectivity index (χ1v) is 10.5. The monoisotopic (exact) mass is 393 g/mol. The Kier molecular flexibility index (Phi) is 4.66. The maximum atomic E-state index is 5.49. The average molecular weight is 394 g/mol. The molecule has 1 aromatic heterocycles. The molecule has 1 fully saturated rings. The van der Waals surface area contributed by atoms with Crippen LogP contribution in [0.25, 0.3) is 11.3 Å². The van der Waals surface area contributed by atoms with E-state index in [9.17, 15) is 0 Å². The standard InChI is InChI=1S/C22H23N3O2S/c1-16-2-5-18(6-3-16)19-14-28-22(23-19)25-10-8-24(9-11-25)13-17-4-7-20-21(12-17)27-15-26-20/h2-7,12,14H,8-11,13,15H2,1H3. The predicted molar refractivity (Wildman–Crippen MR) is 112 cm³/mol. The molecular weight excluding hydrogens is 370 g/mol. The fraction of sp³-hybridized carbons (Fsp3) is 0.318. The second-order valence-electron chi connectivity index (χ2n) is 7.33. The summed E-state index contributed by atoms with van der Waals surface area (Å²) >= 11 is 1.74.